The van der Waals surface area contributed by atoms with Crippen molar-refractivity contribution in [1.82, 2.24) is 0 Å². The summed E-state index contributed by atoms with van der Waals surface area (Å²) in [4.78, 5) is 0. The number of ether oxygens (including phenoxy) is 3. The second-order valence-electron chi connectivity index (χ2n) is 12.2. The molecular weight excluding hydrogens is 484 g/mol. The lowest BCUT2D eigenvalue weighted by Gasteiger charge is -2.42. The first-order chi connectivity index (χ1) is 18.8. The Kier molecular flexibility index (Phi) is 10.2. The van der Waals surface area contributed by atoms with Crippen LogP contribution in [0.3, 0.4) is 0 Å². The van der Waals surface area contributed by atoms with Gasteiger partial charge in [-0.25, -0.2) is 0 Å². The molecule has 2 heterocycles. The van der Waals surface area contributed by atoms with Crippen molar-refractivity contribution in [3.8, 4) is 0 Å². The average molecular weight is 535 g/mol. The van der Waals surface area contributed by atoms with Gasteiger partial charge in [-0.15, -0.1) is 13.2 Å². The number of quaternary nitrogens is 2. The fraction of sp³-hybridized carbons (Fsp3) is 0.529. The van der Waals surface area contributed by atoms with Crippen molar-refractivity contribution in [2.75, 3.05) is 92.0 Å². The largest absolute Gasteiger partial charge is 0.370 e. The summed E-state index contributed by atoms with van der Waals surface area (Å²) in [7, 11) is 0. The van der Waals surface area contributed by atoms with Gasteiger partial charge in [0, 0.05) is 22.0 Å². The van der Waals surface area contributed by atoms with Crippen LogP contribution in [0.25, 0.3) is 0 Å². The second kappa shape index (κ2) is 13.4. The lowest BCUT2D eigenvalue weighted by atomic mass is 9.90. The zero-order valence-electron chi connectivity index (χ0n) is 24.4. The van der Waals surface area contributed by atoms with Gasteiger partial charge in [-0.3, -0.25) is 0 Å². The summed E-state index contributed by atoms with van der Waals surface area (Å²) in [6.07, 6.45) is 26.4. The van der Waals surface area contributed by atoms with E-state index in [0.29, 0.717) is 0 Å². The van der Waals surface area contributed by atoms with Gasteiger partial charge in [0.2, 0.25) is 0 Å². The highest BCUT2D eigenvalue weighted by Gasteiger charge is 2.33. The van der Waals surface area contributed by atoms with Crippen molar-refractivity contribution < 1.29 is 23.2 Å². The zero-order chi connectivity index (χ0) is 27.7. The monoisotopic (exact) mass is 534 g/mol. The van der Waals surface area contributed by atoms with E-state index in [0.717, 1.165) is 101 Å². The third-order valence-electron chi connectivity index (χ3n) is 9.02. The van der Waals surface area contributed by atoms with E-state index in [4.69, 9.17) is 14.2 Å². The lowest BCUT2D eigenvalue weighted by molar-refractivity contribution is -0.934. The van der Waals surface area contributed by atoms with Crippen LogP contribution in [0.15, 0.2) is 97.2 Å². The van der Waals surface area contributed by atoms with Gasteiger partial charge in [-0.05, 0) is 13.8 Å². The molecule has 2 atom stereocenters. The topological polar surface area (TPSA) is 27.7 Å². The molecule has 2 aliphatic carbocycles. The highest BCUT2D eigenvalue weighted by Crippen LogP contribution is 2.28. The predicted octanol–water partition coefficient (Wildman–Crippen LogP) is 5.19. The van der Waals surface area contributed by atoms with E-state index in [9.17, 15) is 0 Å². The summed E-state index contributed by atoms with van der Waals surface area (Å²) in [6.45, 7) is 25.4. The molecular formula is C34H50N2O3+2. The van der Waals surface area contributed by atoms with Crippen LogP contribution in [-0.2, 0) is 14.2 Å². The number of morpholine rings is 2. The van der Waals surface area contributed by atoms with Crippen LogP contribution in [0.5, 0.6) is 0 Å². The van der Waals surface area contributed by atoms with E-state index in [1.807, 2.05) is 12.2 Å². The van der Waals surface area contributed by atoms with E-state index in [2.05, 4.69) is 87.8 Å². The van der Waals surface area contributed by atoms with Crippen LogP contribution < -0.4 is 0 Å². The summed E-state index contributed by atoms with van der Waals surface area (Å²) in [5.74, 6) is 0. The van der Waals surface area contributed by atoms with Crippen molar-refractivity contribution in [3.63, 3.8) is 0 Å². The van der Waals surface area contributed by atoms with Crippen molar-refractivity contribution in [3.05, 3.63) is 97.2 Å². The Morgan fingerprint density at radius 2 is 1.13 bits per heavy atom. The number of allylic oxidation sites excluding steroid dienone is 10. The molecule has 0 bridgehead atoms. The first-order valence-corrected chi connectivity index (χ1v) is 14.7. The Morgan fingerprint density at radius 1 is 0.718 bits per heavy atom. The van der Waals surface area contributed by atoms with Crippen LogP contribution in [0.4, 0.5) is 0 Å². The van der Waals surface area contributed by atoms with Gasteiger partial charge in [0.1, 0.15) is 52.4 Å². The minimum Gasteiger partial charge on any atom is -0.370 e. The molecule has 2 fully saturated rings. The molecule has 0 aromatic carbocycles. The van der Waals surface area contributed by atoms with E-state index in [-0.39, 0.29) is 10.8 Å². The summed E-state index contributed by atoms with van der Waals surface area (Å²) >= 11 is 0. The molecule has 5 nitrogen and oxygen atoms in total. The normalized spacial score (nSPS) is 29.7. The Morgan fingerprint density at radius 3 is 1.51 bits per heavy atom. The first kappa shape index (κ1) is 29.7. The van der Waals surface area contributed by atoms with Crippen LogP contribution in [0.2, 0.25) is 0 Å². The lowest BCUT2D eigenvalue weighted by Crippen LogP contribution is -2.58. The summed E-state index contributed by atoms with van der Waals surface area (Å²) in [5, 5.41) is 0. The first-order valence-electron chi connectivity index (χ1n) is 14.7. The molecule has 0 aromatic rings. The maximum atomic E-state index is 6.38. The number of rotatable bonds is 12. The fourth-order valence-corrected chi connectivity index (χ4v) is 5.81. The molecule has 0 amide bonds. The Bertz CT molecular complexity index is 955. The minimum atomic E-state index is -0.0836. The average Bonchev–Trinajstić information content (AvgIpc) is 3.25. The standard InChI is InChI=1S/C34H50N2O3/c1-5-33(3)13-7-9-31(11-15-33)29-35(17-23-37-24-18-35)21-27-39-28-22-36(19-25-38-26-20-36)30-32-10-8-14-34(4,6-2)16-12-32/h5-16H,1-2,17-30H2,3-4H3/q+2. The molecule has 0 saturated carbocycles. The molecule has 0 spiro atoms. The summed E-state index contributed by atoms with van der Waals surface area (Å²) < 4.78 is 19.9. The van der Waals surface area contributed by atoms with Gasteiger partial charge < -0.3 is 23.2 Å². The fourth-order valence-electron chi connectivity index (χ4n) is 5.81. The predicted molar refractivity (Wildman–Crippen MR) is 161 cm³/mol. The Labute approximate surface area is 237 Å². The van der Waals surface area contributed by atoms with Crippen LogP contribution in [0, 0.1) is 10.8 Å². The number of nitrogens with zero attached hydrogens (tertiary/aromatic N) is 2. The molecule has 39 heavy (non-hydrogen) atoms. The van der Waals surface area contributed by atoms with E-state index in [1.165, 1.54) is 11.1 Å². The van der Waals surface area contributed by atoms with Crippen LogP contribution >= 0.6 is 0 Å². The maximum Gasteiger partial charge on any atom is 0.105 e. The molecule has 212 valence electrons. The molecule has 5 heteroatoms. The Balaban J connectivity index is 1.32. The molecule has 0 aromatic heterocycles. The molecule has 4 aliphatic rings. The summed E-state index contributed by atoms with van der Waals surface area (Å²) in [5.41, 5.74) is 2.56. The van der Waals surface area contributed by atoms with Gasteiger partial charge in [0.05, 0.1) is 39.6 Å². The quantitative estimate of drug-likeness (QED) is 0.196. The third kappa shape index (κ3) is 8.36. The third-order valence-corrected chi connectivity index (χ3v) is 9.02. The molecule has 2 saturated heterocycles. The molecule has 2 unspecified atom stereocenters. The number of hydrogen-bond acceptors (Lipinski definition) is 3. The second-order valence-corrected chi connectivity index (χ2v) is 12.2. The van der Waals surface area contributed by atoms with E-state index < -0.39 is 0 Å². The molecule has 0 N–H and O–H groups in total. The van der Waals surface area contributed by atoms with Crippen LogP contribution in [-0.4, -0.2) is 101 Å². The van der Waals surface area contributed by atoms with Crippen molar-refractivity contribution in [1.29, 1.82) is 0 Å². The molecule has 4 rings (SSSR count). The van der Waals surface area contributed by atoms with Gasteiger partial charge in [-0.2, -0.15) is 0 Å². The zero-order valence-corrected chi connectivity index (χ0v) is 24.4. The molecule has 0 radical (unpaired) electrons. The highest BCUT2D eigenvalue weighted by atomic mass is 16.5. The van der Waals surface area contributed by atoms with Gasteiger partial charge in [0.15, 0.2) is 0 Å². The van der Waals surface area contributed by atoms with Crippen molar-refractivity contribution in [2.24, 2.45) is 10.8 Å². The van der Waals surface area contributed by atoms with Gasteiger partial charge >= 0.3 is 0 Å². The summed E-state index contributed by atoms with van der Waals surface area (Å²) in [6, 6.07) is 0. The minimum absolute atomic E-state index is 0.0836. The van der Waals surface area contributed by atoms with E-state index in [1.54, 1.807) is 0 Å². The van der Waals surface area contributed by atoms with Crippen molar-refractivity contribution in [2.45, 2.75) is 13.8 Å². The highest BCUT2D eigenvalue weighted by molar-refractivity contribution is 5.35. The number of hydrogen-bond donors (Lipinski definition) is 0. The van der Waals surface area contributed by atoms with Crippen LogP contribution in [0.1, 0.15) is 13.8 Å². The van der Waals surface area contributed by atoms with Gasteiger partial charge in [-0.1, -0.05) is 72.9 Å². The smallest absolute Gasteiger partial charge is 0.105 e. The van der Waals surface area contributed by atoms with Crippen molar-refractivity contribution >= 4 is 0 Å². The van der Waals surface area contributed by atoms with E-state index >= 15 is 0 Å². The Hall–Kier alpha value is -2.28. The van der Waals surface area contributed by atoms with Gasteiger partial charge in [0.25, 0.3) is 0 Å². The maximum absolute atomic E-state index is 6.38. The molecule has 2 aliphatic heterocycles. The SMILES string of the molecule is C=CC1(C)C=CC=C(C[N+]2(CCOCC[N+]3(CC4=CC=CC(C)(C=C)C=C4)CCOCC3)CCOCC2)C=C1.